The Kier molecular flexibility index (Phi) is 4.95. The van der Waals surface area contributed by atoms with Crippen LogP contribution in [0.5, 0.6) is 0 Å². The number of nitrogens with one attached hydrogen (secondary N) is 2. The summed E-state index contributed by atoms with van der Waals surface area (Å²) in [7, 11) is 0. The molecule has 2 rings (SSSR count). The Morgan fingerprint density at radius 3 is 2.70 bits per heavy atom. The molecule has 1 aromatic rings. The van der Waals surface area contributed by atoms with Crippen LogP contribution < -0.4 is 16.6 Å². The zero-order valence-electron chi connectivity index (χ0n) is 11.9. The summed E-state index contributed by atoms with van der Waals surface area (Å²) in [5, 5.41) is 2.93. The van der Waals surface area contributed by atoms with E-state index in [9.17, 15) is 9.59 Å². The number of rotatable bonds is 4. The molecule has 0 radical (unpaired) electrons. The second-order valence-corrected chi connectivity index (χ2v) is 5.60. The van der Waals surface area contributed by atoms with E-state index in [4.69, 9.17) is 5.73 Å². The van der Waals surface area contributed by atoms with Crippen molar-refractivity contribution < 1.29 is 4.79 Å². The number of H-pyrrole nitrogens is 1. The Morgan fingerprint density at radius 2 is 2.10 bits per heavy atom. The van der Waals surface area contributed by atoms with Gasteiger partial charge in [0.15, 0.2) is 0 Å². The number of hydrogen-bond acceptors (Lipinski definition) is 3. The number of carbonyl (C=O) groups is 1. The molecule has 1 heterocycles. The van der Waals surface area contributed by atoms with Crippen LogP contribution in [0.2, 0.25) is 0 Å². The lowest BCUT2D eigenvalue weighted by atomic mass is 9.84. The molecule has 1 fully saturated rings. The summed E-state index contributed by atoms with van der Waals surface area (Å²) in [6.45, 7) is 2.20. The van der Waals surface area contributed by atoms with Crippen molar-refractivity contribution in [3.05, 3.63) is 33.7 Å². The van der Waals surface area contributed by atoms with E-state index in [-0.39, 0.29) is 23.1 Å². The Morgan fingerprint density at radius 1 is 1.40 bits per heavy atom. The lowest BCUT2D eigenvalue weighted by molar-refractivity contribution is 0.0914. The lowest BCUT2D eigenvalue weighted by Crippen LogP contribution is -2.47. The van der Waals surface area contributed by atoms with Crippen molar-refractivity contribution in [2.75, 3.05) is 6.54 Å². The van der Waals surface area contributed by atoms with Gasteiger partial charge in [0.1, 0.15) is 5.56 Å². The Bertz CT molecular complexity index is 518. The average molecular weight is 277 g/mol. The molecule has 1 aliphatic carbocycles. The summed E-state index contributed by atoms with van der Waals surface area (Å²) in [4.78, 5) is 26.6. The molecule has 0 aromatic carbocycles. The number of nitrogens with two attached hydrogens (primary N) is 1. The van der Waals surface area contributed by atoms with E-state index in [1.807, 2.05) is 0 Å². The van der Waals surface area contributed by atoms with E-state index in [1.165, 1.54) is 19.3 Å². The Labute approximate surface area is 119 Å². The molecule has 4 N–H and O–H groups in total. The van der Waals surface area contributed by atoms with Crippen molar-refractivity contribution in [2.45, 2.75) is 45.1 Å². The predicted octanol–water partition coefficient (Wildman–Crippen LogP) is 1.32. The van der Waals surface area contributed by atoms with Crippen LogP contribution in [-0.4, -0.2) is 23.5 Å². The molecule has 0 bridgehead atoms. The molecule has 110 valence electrons. The molecule has 0 spiro atoms. The number of aromatic amines is 1. The van der Waals surface area contributed by atoms with Crippen molar-refractivity contribution >= 4 is 5.91 Å². The van der Waals surface area contributed by atoms with Crippen LogP contribution in [0.25, 0.3) is 0 Å². The summed E-state index contributed by atoms with van der Waals surface area (Å²) in [5.74, 6) is 0.106. The highest BCUT2D eigenvalue weighted by molar-refractivity contribution is 5.94. The first-order valence-electron chi connectivity index (χ1n) is 7.32. The molecule has 1 amide bonds. The van der Waals surface area contributed by atoms with Gasteiger partial charge in [-0.3, -0.25) is 9.59 Å². The third-order valence-electron chi connectivity index (χ3n) is 4.09. The normalized spacial score (nSPS) is 17.7. The highest BCUT2D eigenvalue weighted by Crippen LogP contribution is 2.26. The highest BCUT2D eigenvalue weighted by atomic mass is 16.2. The van der Waals surface area contributed by atoms with Gasteiger partial charge in [-0.05, 0) is 37.8 Å². The summed E-state index contributed by atoms with van der Waals surface area (Å²) in [5.41, 5.74) is 6.35. The van der Waals surface area contributed by atoms with Gasteiger partial charge in [-0.15, -0.1) is 0 Å². The second kappa shape index (κ2) is 6.70. The first-order valence-corrected chi connectivity index (χ1v) is 7.32. The molecule has 1 aliphatic rings. The third kappa shape index (κ3) is 3.48. The minimum absolute atomic E-state index is 0.0384. The quantitative estimate of drug-likeness (QED) is 0.775. The van der Waals surface area contributed by atoms with Gasteiger partial charge in [0.25, 0.3) is 11.5 Å². The molecule has 20 heavy (non-hydrogen) atoms. The van der Waals surface area contributed by atoms with Gasteiger partial charge in [-0.1, -0.05) is 19.3 Å². The smallest absolute Gasteiger partial charge is 0.260 e. The fourth-order valence-corrected chi connectivity index (χ4v) is 2.90. The van der Waals surface area contributed by atoms with Crippen LogP contribution in [0, 0.1) is 12.8 Å². The molecule has 5 nitrogen and oxygen atoms in total. The number of hydrogen-bond donors (Lipinski definition) is 3. The van der Waals surface area contributed by atoms with E-state index in [2.05, 4.69) is 10.3 Å². The van der Waals surface area contributed by atoms with Gasteiger partial charge in [0.2, 0.25) is 0 Å². The van der Waals surface area contributed by atoms with Crippen molar-refractivity contribution in [2.24, 2.45) is 11.7 Å². The van der Waals surface area contributed by atoms with Crippen LogP contribution >= 0.6 is 0 Å². The van der Waals surface area contributed by atoms with E-state index in [0.29, 0.717) is 12.5 Å². The minimum Gasteiger partial charge on any atom is -0.348 e. The number of amides is 1. The van der Waals surface area contributed by atoms with Crippen LogP contribution in [0.4, 0.5) is 0 Å². The van der Waals surface area contributed by atoms with Crippen molar-refractivity contribution in [1.82, 2.24) is 10.3 Å². The van der Waals surface area contributed by atoms with E-state index in [1.54, 1.807) is 19.1 Å². The van der Waals surface area contributed by atoms with Gasteiger partial charge >= 0.3 is 0 Å². The number of aromatic nitrogens is 1. The van der Waals surface area contributed by atoms with E-state index < -0.39 is 0 Å². The highest BCUT2D eigenvalue weighted by Gasteiger charge is 2.25. The summed E-state index contributed by atoms with van der Waals surface area (Å²) >= 11 is 0. The zero-order valence-corrected chi connectivity index (χ0v) is 11.9. The SMILES string of the molecule is Cc1ccc(C(=O)NC(CN)C2CCCCC2)c(=O)[nH]1. The van der Waals surface area contributed by atoms with Crippen LogP contribution in [0.3, 0.4) is 0 Å². The number of pyridine rings is 1. The maximum Gasteiger partial charge on any atom is 0.260 e. The molecule has 1 aromatic heterocycles. The predicted molar refractivity (Wildman–Crippen MR) is 78.7 cm³/mol. The maximum absolute atomic E-state index is 12.2. The summed E-state index contributed by atoms with van der Waals surface area (Å²) in [6, 6.07) is 3.26. The fraction of sp³-hybridized carbons (Fsp3) is 0.600. The maximum atomic E-state index is 12.2. The van der Waals surface area contributed by atoms with E-state index >= 15 is 0 Å². The van der Waals surface area contributed by atoms with Crippen molar-refractivity contribution in [3.8, 4) is 0 Å². The molecule has 1 unspecified atom stereocenters. The zero-order chi connectivity index (χ0) is 14.5. The minimum atomic E-state index is -0.345. The molecule has 0 aliphatic heterocycles. The molecular weight excluding hydrogens is 254 g/mol. The third-order valence-corrected chi connectivity index (χ3v) is 4.09. The van der Waals surface area contributed by atoms with Crippen LogP contribution in [-0.2, 0) is 0 Å². The van der Waals surface area contributed by atoms with Gasteiger partial charge < -0.3 is 16.0 Å². The first kappa shape index (κ1) is 14.8. The molecular formula is C15H23N3O2. The standard InChI is InChI=1S/C15H23N3O2/c1-10-7-8-12(14(19)17-10)15(20)18-13(9-16)11-5-3-2-4-6-11/h7-8,11,13H,2-6,9,16H2,1H3,(H,17,19)(H,18,20). The topological polar surface area (TPSA) is 88.0 Å². The molecule has 0 saturated heterocycles. The molecule has 5 heteroatoms. The van der Waals surface area contributed by atoms with Crippen molar-refractivity contribution in [3.63, 3.8) is 0 Å². The van der Waals surface area contributed by atoms with Gasteiger partial charge in [0.05, 0.1) is 0 Å². The van der Waals surface area contributed by atoms with Gasteiger partial charge in [-0.2, -0.15) is 0 Å². The first-order chi connectivity index (χ1) is 9.61. The fourth-order valence-electron chi connectivity index (χ4n) is 2.90. The molecule has 1 atom stereocenters. The van der Waals surface area contributed by atoms with Crippen molar-refractivity contribution in [1.29, 1.82) is 0 Å². The van der Waals surface area contributed by atoms with Crippen LogP contribution in [0.15, 0.2) is 16.9 Å². The number of aryl methyl sites for hydroxylation is 1. The summed E-state index contributed by atoms with van der Waals surface area (Å²) < 4.78 is 0. The summed E-state index contributed by atoms with van der Waals surface area (Å²) in [6.07, 6.45) is 5.86. The van der Waals surface area contributed by atoms with Gasteiger partial charge in [-0.25, -0.2) is 0 Å². The largest absolute Gasteiger partial charge is 0.348 e. The Hall–Kier alpha value is -1.62. The second-order valence-electron chi connectivity index (χ2n) is 5.60. The van der Waals surface area contributed by atoms with Gasteiger partial charge in [0, 0.05) is 18.3 Å². The number of carbonyl (C=O) groups excluding carboxylic acids is 1. The Balaban J connectivity index is 2.06. The monoisotopic (exact) mass is 277 g/mol. The lowest BCUT2D eigenvalue weighted by Gasteiger charge is -2.30. The van der Waals surface area contributed by atoms with Crippen LogP contribution in [0.1, 0.15) is 48.2 Å². The average Bonchev–Trinajstić information content (AvgIpc) is 2.45. The van der Waals surface area contributed by atoms with E-state index in [0.717, 1.165) is 18.5 Å². The molecule has 1 saturated carbocycles.